The van der Waals surface area contributed by atoms with Gasteiger partial charge < -0.3 is 4.90 Å². The third-order valence-corrected chi connectivity index (χ3v) is 2.65. The minimum Gasteiger partial charge on any atom is -0.378 e. The Kier molecular flexibility index (Phi) is 5.47. The molecule has 0 bridgehead atoms. The number of hydrogen-bond acceptors (Lipinski definition) is 2. The second-order valence-electron chi connectivity index (χ2n) is 4.39. The number of hydrogen-bond donors (Lipinski definition) is 0. The summed E-state index contributed by atoms with van der Waals surface area (Å²) >= 11 is 0. The lowest BCUT2D eigenvalue weighted by Gasteiger charge is -2.11. The molecule has 0 amide bonds. The molecule has 92 valence electrons. The SMILES string of the molecule is CCCCC(=O)/C=C/c1ccc(N(C)C)cc1. The largest absolute Gasteiger partial charge is 0.378 e. The van der Waals surface area contributed by atoms with Gasteiger partial charge in [-0.1, -0.05) is 31.6 Å². The average molecular weight is 231 g/mol. The first-order valence-electron chi connectivity index (χ1n) is 6.11. The quantitative estimate of drug-likeness (QED) is 0.698. The maximum Gasteiger partial charge on any atom is 0.155 e. The Morgan fingerprint density at radius 2 is 1.88 bits per heavy atom. The molecule has 0 aliphatic heterocycles. The van der Waals surface area contributed by atoms with E-state index in [1.807, 2.05) is 32.3 Å². The van der Waals surface area contributed by atoms with Crippen LogP contribution in [0.3, 0.4) is 0 Å². The normalized spacial score (nSPS) is 10.8. The van der Waals surface area contributed by atoms with Gasteiger partial charge in [0.05, 0.1) is 0 Å². The summed E-state index contributed by atoms with van der Waals surface area (Å²) in [6.07, 6.45) is 6.26. The number of benzene rings is 1. The van der Waals surface area contributed by atoms with Gasteiger partial charge in [0.1, 0.15) is 0 Å². The minimum absolute atomic E-state index is 0.212. The van der Waals surface area contributed by atoms with Gasteiger partial charge in [-0.05, 0) is 30.2 Å². The summed E-state index contributed by atoms with van der Waals surface area (Å²) in [7, 11) is 4.03. The van der Waals surface area contributed by atoms with E-state index in [2.05, 4.69) is 24.0 Å². The Bertz CT molecular complexity index is 376. The van der Waals surface area contributed by atoms with Crippen LogP contribution in [0.5, 0.6) is 0 Å². The molecule has 1 aromatic rings. The molecule has 17 heavy (non-hydrogen) atoms. The third-order valence-electron chi connectivity index (χ3n) is 2.65. The number of anilines is 1. The highest BCUT2D eigenvalue weighted by Crippen LogP contribution is 2.13. The van der Waals surface area contributed by atoms with E-state index in [1.54, 1.807) is 6.08 Å². The van der Waals surface area contributed by atoms with Crippen LogP contribution in [0.4, 0.5) is 5.69 Å². The van der Waals surface area contributed by atoms with Gasteiger partial charge in [-0.3, -0.25) is 4.79 Å². The molecule has 0 unspecified atom stereocenters. The molecule has 0 aliphatic carbocycles. The fraction of sp³-hybridized carbons (Fsp3) is 0.400. The molecule has 2 nitrogen and oxygen atoms in total. The first-order chi connectivity index (χ1) is 8.13. The number of unbranched alkanes of at least 4 members (excludes halogenated alkanes) is 1. The third kappa shape index (κ3) is 4.85. The first-order valence-corrected chi connectivity index (χ1v) is 6.11. The molecule has 0 aromatic heterocycles. The Labute approximate surface area is 104 Å². The zero-order valence-corrected chi connectivity index (χ0v) is 10.9. The summed E-state index contributed by atoms with van der Waals surface area (Å²) in [5, 5.41) is 0. The molecule has 0 atom stereocenters. The summed E-state index contributed by atoms with van der Waals surface area (Å²) in [6.45, 7) is 2.09. The van der Waals surface area contributed by atoms with Crippen molar-refractivity contribution in [2.45, 2.75) is 26.2 Å². The van der Waals surface area contributed by atoms with Crippen molar-refractivity contribution < 1.29 is 4.79 Å². The molecule has 1 aromatic carbocycles. The molecule has 0 fully saturated rings. The van der Waals surface area contributed by atoms with Crippen LogP contribution in [-0.2, 0) is 4.79 Å². The van der Waals surface area contributed by atoms with Crippen LogP contribution >= 0.6 is 0 Å². The molecule has 0 saturated carbocycles. The van der Waals surface area contributed by atoms with Crippen LogP contribution in [0.1, 0.15) is 31.7 Å². The van der Waals surface area contributed by atoms with Gasteiger partial charge in [-0.25, -0.2) is 0 Å². The van der Waals surface area contributed by atoms with Gasteiger partial charge in [0, 0.05) is 26.2 Å². The van der Waals surface area contributed by atoms with Gasteiger partial charge in [0.15, 0.2) is 5.78 Å². The van der Waals surface area contributed by atoms with E-state index in [0.29, 0.717) is 6.42 Å². The van der Waals surface area contributed by atoms with E-state index in [9.17, 15) is 4.79 Å². The fourth-order valence-corrected chi connectivity index (χ4v) is 1.51. The average Bonchev–Trinajstić information content (AvgIpc) is 2.34. The van der Waals surface area contributed by atoms with Crippen molar-refractivity contribution in [1.82, 2.24) is 0 Å². The summed E-state index contributed by atoms with van der Waals surface area (Å²) in [5.74, 6) is 0.212. The van der Waals surface area contributed by atoms with E-state index >= 15 is 0 Å². The summed E-state index contributed by atoms with van der Waals surface area (Å²) < 4.78 is 0. The maximum absolute atomic E-state index is 11.5. The predicted octanol–water partition coefficient (Wildman–Crippen LogP) is 3.53. The Morgan fingerprint density at radius 1 is 1.24 bits per heavy atom. The lowest BCUT2D eigenvalue weighted by atomic mass is 10.1. The number of carbonyl (C=O) groups is 1. The lowest BCUT2D eigenvalue weighted by Crippen LogP contribution is -2.07. The van der Waals surface area contributed by atoms with Crippen LogP contribution < -0.4 is 4.90 Å². The molecule has 0 aliphatic rings. The minimum atomic E-state index is 0.212. The van der Waals surface area contributed by atoms with Gasteiger partial charge in [0.25, 0.3) is 0 Å². The number of nitrogens with zero attached hydrogens (tertiary/aromatic N) is 1. The Morgan fingerprint density at radius 3 is 2.41 bits per heavy atom. The van der Waals surface area contributed by atoms with Gasteiger partial charge >= 0.3 is 0 Å². The maximum atomic E-state index is 11.5. The molecule has 0 saturated heterocycles. The molecule has 0 N–H and O–H groups in total. The van der Waals surface area contributed by atoms with Crippen molar-refractivity contribution in [3.05, 3.63) is 35.9 Å². The second kappa shape index (κ2) is 6.89. The van der Waals surface area contributed by atoms with Crippen molar-refractivity contribution in [3.8, 4) is 0 Å². The summed E-state index contributed by atoms with van der Waals surface area (Å²) in [4.78, 5) is 13.5. The van der Waals surface area contributed by atoms with Crippen molar-refractivity contribution in [1.29, 1.82) is 0 Å². The Balaban J connectivity index is 2.56. The summed E-state index contributed by atoms with van der Waals surface area (Å²) in [5.41, 5.74) is 2.24. The number of rotatable bonds is 6. The van der Waals surface area contributed by atoms with E-state index < -0.39 is 0 Å². The molecular weight excluding hydrogens is 210 g/mol. The number of ketones is 1. The number of carbonyl (C=O) groups excluding carboxylic acids is 1. The van der Waals surface area contributed by atoms with E-state index in [-0.39, 0.29) is 5.78 Å². The van der Waals surface area contributed by atoms with E-state index in [4.69, 9.17) is 0 Å². The predicted molar refractivity (Wildman–Crippen MR) is 74.3 cm³/mol. The zero-order chi connectivity index (χ0) is 12.7. The highest BCUT2D eigenvalue weighted by molar-refractivity contribution is 5.93. The van der Waals surface area contributed by atoms with Gasteiger partial charge in [0.2, 0.25) is 0 Å². The first kappa shape index (κ1) is 13.5. The molecular formula is C15H21NO. The van der Waals surface area contributed by atoms with Crippen LogP contribution in [0.15, 0.2) is 30.3 Å². The highest BCUT2D eigenvalue weighted by Gasteiger charge is 1.96. The standard InChI is InChI=1S/C15H21NO/c1-4-5-6-15(17)12-9-13-7-10-14(11-8-13)16(2)3/h7-12H,4-6H2,1-3H3/b12-9+. The second-order valence-corrected chi connectivity index (χ2v) is 4.39. The van der Waals surface area contributed by atoms with Crippen molar-refractivity contribution >= 4 is 17.5 Å². The van der Waals surface area contributed by atoms with Crippen LogP contribution in [0, 0.1) is 0 Å². The van der Waals surface area contributed by atoms with Crippen molar-refractivity contribution in [2.24, 2.45) is 0 Å². The van der Waals surface area contributed by atoms with Crippen LogP contribution in [0.25, 0.3) is 6.08 Å². The molecule has 2 heteroatoms. The molecule has 0 radical (unpaired) electrons. The fourth-order valence-electron chi connectivity index (χ4n) is 1.51. The number of allylic oxidation sites excluding steroid dienone is 1. The molecule has 0 spiro atoms. The smallest absolute Gasteiger partial charge is 0.155 e. The topological polar surface area (TPSA) is 20.3 Å². The van der Waals surface area contributed by atoms with E-state index in [1.165, 1.54) is 5.69 Å². The van der Waals surface area contributed by atoms with Crippen molar-refractivity contribution in [3.63, 3.8) is 0 Å². The van der Waals surface area contributed by atoms with Crippen molar-refractivity contribution in [2.75, 3.05) is 19.0 Å². The lowest BCUT2D eigenvalue weighted by molar-refractivity contribution is -0.114. The highest BCUT2D eigenvalue weighted by atomic mass is 16.1. The zero-order valence-electron chi connectivity index (χ0n) is 10.9. The van der Waals surface area contributed by atoms with E-state index in [0.717, 1.165) is 18.4 Å². The monoisotopic (exact) mass is 231 g/mol. The summed E-state index contributed by atoms with van der Waals surface area (Å²) in [6, 6.07) is 8.16. The van der Waals surface area contributed by atoms with Crippen LogP contribution in [-0.4, -0.2) is 19.9 Å². The van der Waals surface area contributed by atoms with Crippen LogP contribution in [0.2, 0.25) is 0 Å². The van der Waals surface area contributed by atoms with Gasteiger partial charge in [-0.15, -0.1) is 0 Å². The molecule has 0 heterocycles. The van der Waals surface area contributed by atoms with Gasteiger partial charge in [-0.2, -0.15) is 0 Å². The Hall–Kier alpha value is -1.57. The molecule has 1 rings (SSSR count).